The number of unbranched alkanes of at least 4 members (excludes halogenated alkanes) is 3. The first-order valence-electron chi connectivity index (χ1n) is 13.9. The zero-order valence-corrected chi connectivity index (χ0v) is 28.7. The monoisotopic (exact) mass is 657 g/mol. The summed E-state index contributed by atoms with van der Waals surface area (Å²) in [5.41, 5.74) is 14.2. The number of rotatable bonds is 7. The van der Waals surface area contributed by atoms with Gasteiger partial charge in [0.1, 0.15) is 0 Å². The van der Waals surface area contributed by atoms with Crippen LogP contribution in [0.15, 0.2) is 90.5 Å². The Kier molecular flexibility index (Phi) is 14.4. The van der Waals surface area contributed by atoms with E-state index in [1.165, 1.54) is 75.8 Å². The van der Waals surface area contributed by atoms with Gasteiger partial charge in [-0.1, -0.05) is 124 Å². The average Bonchev–Trinajstić information content (AvgIpc) is 3.50. The van der Waals surface area contributed by atoms with Crippen LogP contribution < -0.4 is 24.8 Å². The van der Waals surface area contributed by atoms with Crippen LogP contribution in [0.3, 0.4) is 0 Å². The van der Waals surface area contributed by atoms with Gasteiger partial charge >= 0.3 is 26.2 Å². The molecule has 0 bridgehead atoms. The van der Waals surface area contributed by atoms with Crippen molar-refractivity contribution in [1.29, 1.82) is 0 Å². The molecule has 0 aliphatic heterocycles. The fourth-order valence-corrected chi connectivity index (χ4v) is 6.02. The van der Waals surface area contributed by atoms with E-state index in [0.29, 0.717) is 5.92 Å². The van der Waals surface area contributed by atoms with Crippen molar-refractivity contribution in [3.8, 4) is 22.3 Å². The molecule has 2 aliphatic carbocycles. The van der Waals surface area contributed by atoms with E-state index in [2.05, 4.69) is 117 Å². The third-order valence-electron chi connectivity index (χ3n) is 7.66. The number of fused-ring (bicyclic) bond motifs is 4. The van der Waals surface area contributed by atoms with Crippen molar-refractivity contribution in [3.05, 3.63) is 124 Å². The Morgan fingerprint density at radius 3 is 2.23 bits per heavy atom. The van der Waals surface area contributed by atoms with E-state index in [1.54, 1.807) is 5.57 Å². The van der Waals surface area contributed by atoms with Crippen molar-refractivity contribution >= 4 is 15.6 Å². The predicted molar refractivity (Wildman–Crippen MR) is 161 cm³/mol. The van der Waals surface area contributed by atoms with Gasteiger partial charge in [0.25, 0.3) is 0 Å². The first-order valence-corrected chi connectivity index (χ1v) is 15.9. The second-order valence-electron chi connectivity index (χ2n) is 10.3. The summed E-state index contributed by atoms with van der Waals surface area (Å²) >= 11 is 0. The van der Waals surface area contributed by atoms with E-state index in [4.69, 9.17) is 0 Å². The van der Waals surface area contributed by atoms with E-state index in [1.807, 2.05) is 0 Å². The van der Waals surface area contributed by atoms with Crippen LogP contribution in [0.5, 0.6) is 0 Å². The predicted octanol–water partition coefficient (Wildman–Crippen LogP) is 4.02. The quantitative estimate of drug-likeness (QED) is 0.141. The molecule has 40 heavy (non-hydrogen) atoms. The molecule has 203 valence electrons. The van der Waals surface area contributed by atoms with Crippen molar-refractivity contribution in [2.24, 2.45) is 0 Å². The minimum absolute atomic E-state index is 0. The standard InChI is InChI=1S/C34H31.C2H6Si.2ClH.Zr/c1-2-3-4-6-16-26-23-32-27(24-13-7-5-8-14-24)18-11-20-30(32)34(26)31-21-12-19-29-28-17-10-9-15-25(28)22-33(29)31;1-3-2;;;/h5,7-15,17-20,23,34H,2-4,6,16,22H2,1H3;1-2H3;2*1H;/q-1;;;;+3/p-2. The van der Waals surface area contributed by atoms with Gasteiger partial charge < -0.3 is 24.8 Å². The van der Waals surface area contributed by atoms with Crippen molar-refractivity contribution < 1.29 is 51.0 Å². The van der Waals surface area contributed by atoms with Crippen LogP contribution in [0, 0.1) is 6.07 Å². The summed E-state index contributed by atoms with van der Waals surface area (Å²) in [5, 5.41) is 0. The molecule has 0 nitrogen and oxygen atoms in total. The molecule has 0 amide bonds. The van der Waals surface area contributed by atoms with Gasteiger partial charge in [-0.05, 0) is 52.6 Å². The summed E-state index contributed by atoms with van der Waals surface area (Å²) in [6.07, 6.45) is 9.87. The second kappa shape index (κ2) is 16.7. The molecular weight excluding hydrogens is 623 g/mol. The van der Waals surface area contributed by atoms with Gasteiger partial charge in [0, 0.05) is 15.4 Å². The smallest absolute Gasteiger partial charge is 1.00 e. The van der Waals surface area contributed by atoms with Gasteiger partial charge in [0.15, 0.2) is 0 Å². The van der Waals surface area contributed by atoms with E-state index in [9.17, 15) is 0 Å². The molecule has 4 aromatic rings. The van der Waals surface area contributed by atoms with Crippen LogP contribution in [0.4, 0.5) is 0 Å². The summed E-state index contributed by atoms with van der Waals surface area (Å²) in [6, 6.07) is 34.8. The molecule has 0 N–H and O–H groups in total. The maximum atomic E-state index is 3.74. The van der Waals surface area contributed by atoms with E-state index in [-0.39, 0.29) is 51.0 Å². The average molecular weight is 660 g/mol. The maximum Gasteiger partial charge on any atom is 3.00 e. The zero-order valence-electron chi connectivity index (χ0n) is 23.7. The Morgan fingerprint density at radius 1 is 0.775 bits per heavy atom. The Balaban J connectivity index is 0.000000896. The first kappa shape index (κ1) is 34.5. The van der Waals surface area contributed by atoms with Crippen molar-refractivity contribution in [1.82, 2.24) is 0 Å². The third-order valence-corrected chi connectivity index (χ3v) is 7.66. The Morgan fingerprint density at radius 2 is 1.48 bits per heavy atom. The van der Waals surface area contributed by atoms with Gasteiger partial charge in [0.2, 0.25) is 0 Å². The number of halogens is 2. The molecule has 1 atom stereocenters. The SMILES string of the molecule is CCCCCCC1=Cc2c(-c3ccccc3)cccc2C1c1[c-]ccc2c1Cc1ccccc1-2.C[Si]C.[Cl-].[Cl-].[Zr+3]. The molecule has 2 aliphatic rings. The number of hydrogen-bond donors (Lipinski definition) is 0. The van der Waals surface area contributed by atoms with Crippen molar-refractivity contribution in [2.45, 2.75) is 64.5 Å². The van der Waals surface area contributed by atoms with Crippen LogP contribution in [0.25, 0.3) is 28.3 Å². The van der Waals surface area contributed by atoms with Crippen molar-refractivity contribution in [3.63, 3.8) is 0 Å². The molecule has 0 saturated carbocycles. The third kappa shape index (κ3) is 7.19. The molecule has 4 heteroatoms. The molecule has 0 saturated heterocycles. The summed E-state index contributed by atoms with van der Waals surface area (Å²) in [4.78, 5) is 0. The summed E-state index contributed by atoms with van der Waals surface area (Å²) in [7, 11) is 1.08. The maximum absolute atomic E-state index is 3.74. The molecule has 4 aromatic carbocycles. The van der Waals surface area contributed by atoms with Gasteiger partial charge in [0.05, 0.1) is 0 Å². The van der Waals surface area contributed by atoms with Crippen LogP contribution in [0.1, 0.15) is 72.8 Å². The van der Waals surface area contributed by atoms with Crippen LogP contribution >= 0.6 is 0 Å². The molecule has 6 rings (SSSR count). The molecule has 0 spiro atoms. The van der Waals surface area contributed by atoms with Gasteiger partial charge in [-0.2, -0.15) is 18.2 Å². The summed E-state index contributed by atoms with van der Waals surface area (Å²) in [5.74, 6) is 0.310. The number of allylic oxidation sites excluding steroid dienone is 1. The van der Waals surface area contributed by atoms with E-state index < -0.39 is 0 Å². The summed E-state index contributed by atoms with van der Waals surface area (Å²) in [6.45, 7) is 6.60. The van der Waals surface area contributed by atoms with Gasteiger partial charge in [-0.3, -0.25) is 0 Å². The van der Waals surface area contributed by atoms with Crippen LogP contribution in [0.2, 0.25) is 13.1 Å². The molecule has 0 heterocycles. The zero-order chi connectivity index (χ0) is 25.6. The molecule has 3 radical (unpaired) electrons. The largest absolute Gasteiger partial charge is 3.00 e. The number of benzene rings is 4. The van der Waals surface area contributed by atoms with Crippen LogP contribution in [-0.4, -0.2) is 9.52 Å². The van der Waals surface area contributed by atoms with Gasteiger partial charge in [-0.15, -0.1) is 16.7 Å². The summed E-state index contributed by atoms with van der Waals surface area (Å²) < 4.78 is 0. The topological polar surface area (TPSA) is 0 Å². The Labute approximate surface area is 275 Å². The second-order valence-corrected chi connectivity index (χ2v) is 11.3. The Hall–Kier alpha value is -1.70. The van der Waals surface area contributed by atoms with Crippen LogP contribution in [-0.2, 0) is 32.6 Å². The van der Waals surface area contributed by atoms with Gasteiger partial charge in [-0.25, -0.2) is 0 Å². The Bertz CT molecular complexity index is 1400. The fourth-order valence-electron chi connectivity index (χ4n) is 6.02. The van der Waals surface area contributed by atoms with E-state index in [0.717, 1.165) is 22.4 Å². The molecule has 1 unspecified atom stereocenters. The minimum atomic E-state index is 0. The number of hydrogen-bond acceptors (Lipinski definition) is 0. The van der Waals surface area contributed by atoms with Crippen molar-refractivity contribution in [2.75, 3.05) is 0 Å². The fraction of sp³-hybridized carbons (Fsp3) is 0.278. The molecular formula is C36H37Cl2SiZr. The minimum Gasteiger partial charge on any atom is -1.00 e. The molecule has 0 aromatic heterocycles. The first-order chi connectivity index (χ1) is 18.3. The van der Waals surface area contributed by atoms with E-state index >= 15 is 0 Å². The normalized spacial score (nSPS) is 13.7. The molecule has 0 fully saturated rings.